The Morgan fingerprint density at radius 1 is 1.48 bits per heavy atom. The Balaban J connectivity index is 1.64. The van der Waals surface area contributed by atoms with Gasteiger partial charge in [0.05, 0.1) is 0 Å². The van der Waals surface area contributed by atoms with Crippen LogP contribution in [0.5, 0.6) is 0 Å². The van der Waals surface area contributed by atoms with Crippen LogP contribution in [0, 0.1) is 12.8 Å². The smallest absolute Gasteiger partial charge is 0.315 e. The second-order valence-corrected chi connectivity index (χ2v) is 6.35. The van der Waals surface area contributed by atoms with E-state index in [4.69, 9.17) is 9.26 Å². The van der Waals surface area contributed by atoms with Crippen molar-refractivity contribution in [3.63, 3.8) is 0 Å². The van der Waals surface area contributed by atoms with E-state index in [0.717, 1.165) is 18.4 Å². The van der Waals surface area contributed by atoms with Crippen LogP contribution in [0.2, 0.25) is 0 Å². The van der Waals surface area contributed by atoms with Crippen LogP contribution in [0.15, 0.2) is 21.3 Å². The molecule has 3 rings (SSSR count). The van der Waals surface area contributed by atoms with Gasteiger partial charge in [-0.05, 0) is 48.1 Å². The van der Waals surface area contributed by atoms with Crippen molar-refractivity contribution >= 4 is 17.4 Å². The zero-order valence-corrected chi connectivity index (χ0v) is 13.8. The molecule has 0 aliphatic carbocycles. The van der Waals surface area contributed by atoms with Gasteiger partial charge in [0.25, 0.3) is 0 Å². The minimum atomic E-state index is -0.289. The summed E-state index contributed by atoms with van der Waals surface area (Å²) in [5, 5.41) is 13.7. The average molecular weight is 336 g/mol. The number of urea groups is 1. The van der Waals surface area contributed by atoms with E-state index in [1.54, 1.807) is 18.3 Å². The number of nitrogens with one attached hydrogen (secondary N) is 2. The highest BCUT2D eigenvalue weighted by Gasteiger charge is 2.31. The van der Waals surface area contributed by atoms with Gasteiger partial charge in [-0.2, -0.15) is 16.3 Å². The maximum absolute atomic E-state index is 12.2. The first kappa shape index (κ1) is 15.9. The van der Waals surface area contributed by atoms with Crippen LogP contribution in [0.4, 0.5) is 4.79 Å². The molecule has 0 aromatic carbocycles. The Hall–Kier alpha value is -1.93. The third-order valence-electron chi connectivity index (χ3n) is 3.87. The number of aryl methyl sites for hydroxylation is 1. The van der Waals surface area contributed by atoms with Crippen LogP contribution < -0.4 is 10.6 Å². The molecule has 8 heteroatoms. The maximum atomic E-state index is 12.2. The van der Waals surface area contributed by atoms with Gasteiger partial charge in [0.15, 0.2) is 5.82 Å². The van der Waals surface area contributed by atoms with Crippen molar-refractivity contribution in [3.05, 3.63) is 34.1 Å². The van der Waals surface area contributed by atoms with Gasteiger partial charge < -0.3 is 19.9 Å². The molecule has 1 saturated heterocycles. The Kier molecular flexibility index (Phi) is 5.24. The van der Waals surface area contributed by atoms with Crippen LogP contribution in [-0.2, 0) is 11.3 Å². The number of thiophene rings is 1. The summed E-state index contributed by atoms with van der Waals surface area (Å²) in [6.07, 6.45) is 1.72. The van der Waals surface area contributed by atoms with E-state index in [0.29, 0.717) is 31.5 Å². The molecule has 0 radical (unpaired) electrons. The Bertz CT molecular complexity index is 622. The highest BCUT2D eigenvalue weighted by Crippen LogP contribution is 2.29. The Labute approximate surface area is 138 Å². The molecule has 2 N–H and O–H groups in total. The molecular formula is C15H20N4O3S. The van der Waals surface area contributed by atoms with E-state index in [-0.39, 0.29) is 18.0 Å². The molecular weight excluding hydrogens is 316 g/mol. The summed E-state index contributed by atoms with van der Waals surface area (Å²) in [6, 6.07) is 1.47. The molecule has 2 amide bonds. The summed E-state index contributed by atoms with van der Waals surface area (Å²) in [5.74, 6) is 1.26. The molecule has 1 unspecified atom stereocenters. The van der Waals surface area contributed by atoms with Crippen LogP contribution in [0.25, 0.3) is 0 Å². The lowest BCUT2D eigenvalue weighted by Crippen LogP contribution is -2.41. The summed E-state index contributed by atoms with van der Waals surface area (Å²) in [6.45, 7) is 3.64. The summed E-state index contributed by atoms with van der Waals surface area (Å²) in [5.41, 5.74) is 1.08. The van der Waals surface area contributed by atoms with Crippen molar-refractivity contribution in [2.45, 2.75) is 32.4 Å². The topological polar surface area (TPSA) is 89.3 Å². The molecule has 3 heterocycles. The fourth-order valence-electron chi connectivity index (χ4n) is 2.64. The lowest BCUT2D eigenvalue weighted by molar-refractivity contribution is 0.0503. The van der Waals surface area contributed by atoms with Crippen LogP contribution in [0.1, 0.15) is 36.2 Å². The minimum absolute atomic E-state index is 0.232. The van der Waals surface area contributed by atoms with E-state index < -0.39 is 0 Å². The first-order chi connectivity index (χ1) is 11.2. The predicted octanol–water partition coefficient (Wildman–Crippen LogP) is 2.41. The predicted molar refractivity (Wildman–Crippen MR) is 85.0 cm³/mol. The van der Waals surface area contributed by atoms with Gasteiger partial charge in [-0.15, -0.1) is 0 Å². The van der Waals surface area contributed by atoms with Gasteiger partial charge in [0, 0.05) is 19.8 Å². The molecule has 2 aromatic heterocycles. The van der Waals surface area contributed by atoms with Crippen LogP contribution in [-0.4, -0.2) is 29.4 Å². The summed E-state index contributed by atoms with van der Waals surface area (Å²) >= 11 is 1.61. The standard InChI is InChI=1S/C15H20N4O3S/c1-10-17-14(22-19-10)13(12-2-5-21-6-3-12)18-15(20)16-8-11-4-7-23-9-11/h4,7,9,12-13H,2-3,5-6,8H2,1H3,(H2,16,18,20). The lowest BCUT2D eigenvalue weighted by atomic mass is 9.91. The van der Waals surface area contributed by atoms with Crippen molar-refractivity contribution in [1.29, 1.82) is 0 Å². The molecule has 1 fully saturated rings. The molecule has 0 bridgehead atoms. The van der Waals surface area contributed by atoms with Gasteiger partial charge in [-0.3, -0.25) is 0 Å². The van der Waals surface area contributed by atoms with Gasteiger partial charge in [0.1, 0.15) is 6.04 Å². The monoisotopic (exact) mass is 336 g/mol. The number of rotatable bonds is 5. The number of carbonyl (C=O) groups is 1. The van der Waals surface area contributed by atoms with E-state index in [1.165, 1.54) is 0 Å². The number of carbonyl (C=O) groups excluding carboxylic acids is 1. The fraction of sp³-hybridized carbons (Fsp3) is 0.533. The normalized spacial score (nSPS) is 16.9. The third-order valence-corrected chi connectivity index (χ3v) is 4.60. The van der Waals surface area contributed by atoms with Crippen LogP contribution >= 0.6 is 11.3 Å². The minimum Gasteiger partial charge on any atom is -0.381 e. The van der Waals surface area contributed by atoms with E-state index in [2.05, 4.69) is 20.8 Å². The molecule has 1 aliphatic heterocycles. The van der Waals surface area contributed by atoms with Crippen molar-refractivity contribution in [2.24, 2.45) is 5.92 Å². The number of hydrogen-bond acceptors (Lipinski definition) is 6. The van der Waals surface area contributed by atoms with Crippen molar-refractivity contribution in [2.75, 3.05) is 13.2 Å². The zero-order valence-electron chi connectivity index (χ0n) is 12.9. The van der Waals surface area contributed by atoms with E-state index in [1.807, 2.05) is 16.8 Å². The van der Waals surface area contributed by atoms with Gasteiger partial charge in [-0.25, -0.2) is 4.79 Å². The maximum Gasteiger partial charge on any atom is 0.315 e. The molecule has 0 spiro atoms. The highest BCUT2D eigenvalue weighted by atomic mass is 32.1. The number of nitrogens with zero attached hydrogens (tertiary/aromatic N) is 2. The summed E-state index contributed by atoms with van der Waals surface area (Å²) < 4.78 is 10.7. The van der Waals surface area contributed by atoms with Gasteiger partial charge >= 0.3 is 6.03 Å². The third kappa shape index (κ3) is 4.29. The second-order valence-electron chi connectivity index (χ2n) is 5.57. The molecule has 124 valence electrons. The summed E-state index contributed by atoms with van der Waals surface area (Å²) in [7, 11) is 0. The zero-order chi connectivity index (χ0) is 16.1. The second kappa shape index (κ2) is 7.56. The molecule has 1 atom stereocenters. The lowest BCUT2D eigenvalue weighted by Gasteiger charge is -2.28. The fourth-order valence-corrected chi connectivity index (χ4v) is 3.31. The van der Waals surface area contributed by atoms with Crippen molar-refractivity contribution in [3.8, 4) is 0 Å². The molecule has 23 heavy (non-hydrogen) atoms. The summed E-state index contributed by atoms with van der Waals surface area (Å²) in [4.78, 5) is 16.5. The number of hydrogen-bond donors (Lipinski definition) is 2. The Morgan fingerprint density at radius 3 is 2.96 bits per heavy atom. The van der Waals surface area contributed by atoms with Gasteiger partial charge in [0.2, 0.25) is 5.89 Å². The van der Waals surface area contributed by atoms with Crippen molar-refractivity contribution < 1.29 is 14.1 Å². The quantitative estimate of drug-likeness (QED) is 0.875. The van der Waals surface area contributed by atoms with Crippen molar-refractivity contribution in [1.82, 2.24) is 20.8 Å². The molecule has 2 aromatic rings. The highest BCUT2D eigenvalue weighted by molar-refractivity contribution is 7.07. The molecule has 7 nitrogen and oxygen atoms in total. The van der Waals surface area contributed by atoms with Gasteiger partial charge in [-0.1, -0.05) is 5.16 Å². The SMILES string of the molecule is Cc1noc(C(NC(=O)NCc2ccsc2)C2CCOCC2)n1. The molecule has 1 aliphatic rings. The number of ether oxygens (including phenoxy) is 1. The van der Waals surface area contributed by atoms with E-state index in [9.17, 15) is 4.79 Å². The molecule has 0 saturated carbocycles. The number of amides is 2. The first-order valence-electron chi connectivity index (χ1n) is 7.66. The number of aromatic nitrogens is 2. The van der Waals surface area contributed by atoms with Crippen LogP contribution in [0.3, 0.4) is 0 Å². The first-order valence-corrected chi connectivity index (χ1v) is 8.60. The van der Waals surface area contributed by atoms with E-state index >= 15 is 0 Å². The largest absolute Gasteiger partial charge is 0.381 e. The Morgan fingerprint density at radius 2 is 2.30 bits per heavy atom. The average Bonchev–Trinajstić information content (AvgIpc) is 3.23.